The SMILES string of the molecule is C[C@@H](NC(=O)c1ccc(Cl)s1)c1ccc(Br)cc1. The van der Waals surface area contributed by atoms with Gasteiger partial charge in [0.05, 0.1) is 15.3 Å². The predicted molar refractivity (Wildman–Crippen MR) is 79.4 cm³/mol. The zero-order valence-corrected chi connectivity index (χ0v) is 12.8. The molecule has 1 aromatic heterocycles. The van der Waals surface area contributed by atoms with Crippen LogP contribution in [0.4, 0.5) is 0 Å². The molecule has 18 heavy (non-hydrogen) atoms. The van der Waals surface area contributed by atoms with Crippen molar-refractivity contribution < 1.29 is 4.79 Å². The van der Waals surface area contributed by atoms with Crippen LogP contribution in [0.25, 0.3) is 0 Å². The Morgan fingerprint density at radius 1 is 1.28 bits per heavy atom. The van der Waals surface area contributed by atoms with Crippen LogP contribution in [-0.4, -0.2) is 5.91 Å². The molecule has 0 saturated carbocycles. The van der Waals surface area contributed by atoms with Gasteiger partial charge in [-0.1, -0.05) is 39.7 Å². The Balaban J connectivity index is 2.05. The van der Waals surface area contributed by atoms with Crippen LogP contribution in [0, 0.1) is 0 Å². The van der Waals surface area contributed by atoms with Gasteiger partial charge in [-0.05, 0) is 36.8 Å². The van der Waals surface area contributed by atoms with Crippen molar-refractivity contribution in [3.05, 3.63) is 55.6 Å². The topological polar surface area (TPSA) is 29.1 Å². The molecule has 0 aliphatic rings. The van der Waals surface area contributed by atoms with Crippen molar-refractivity contribution in [1.82, 2.24) is 5.32 Å². The Kier molecular flexibility index (Phi) is 4.43. The van der Waals surface area contributed by atoms with Crippen LogP contribution in [0.15, 0.2) is 40.9 Å². The summed E-state index contributed by atoms with van der Waals surface area (Å²) in [5, 5.41) is 2.94. The lowest BCUT2D eigenvalue weighted by Gasteiger charge is -2.13. The van der Waals surface area contributed by atoms with Gasteiger partial charge in [0.25, 0.3) is 5.91 Å². The Morgan fingerprint density at radius 2 is 1.94 bits per heavy atom. The highest BCUT2D eigenvalue weighted by atomic mass is 79.9. The van der Waals surface area contributed by atoms with Crippen LogP contribution >= 0.6 is 38.9 Å². The van der Waals surface area contributed by atoms with E-state index in [1.165, 1.54) is 11.3 Å². The third-order valence-electron chi connectivity index (χ3n) is 2.51. The number of rotatable bonds is 3. The highest BCUT2D eigenvalue weighted by Gasteiger charge is 2.13. The van der Waals surface area contributed by atoms with Gasteiger partial charge in [-0.25, -0.2) is 0 Å². The van der Waals surface area contributed by atoms with Crippen molar-refractivity contribution in [3.8, 4) is 0 Å². The van der Waals surface area contributed by atoms with E-state index in [1.54, 1.807) is 12.1 Å². The average molecular weight is 345 g/mol. The minimum absolute atomic E-state index is 0.0357. The summed E-state index contributed by atoms with van der Waals surface area (Å²) in [4.78, 5) is 12.6. The maximum absolute atomic E-state index is 11.9. The summed E-state index contributed by atoms with van der Waals surface area (Å²) >= 11 is 10.5. The van der Waals surface area contributed by atoms with Gasteiger partial charge >= 0.3 is 0 Å². The maximum atomic E-state index is 11.9. The van der Waals surface area contributed by atoms with Crippen LogP contribution in [0.1, 0.15) is 28.2 Å². The van der Waals surface area contributed by atoms with E-state index in [9.17, 15) is 4.79 Å². The van der Waals surface area contributed by atoms with E-state index in [-0.39, 0.29) is 11.9 Å². The molecule has 0 radical (unpaired) electrons. The van der Waals surface area contributed by atoms with Gasteiger partial charge in [0, 0.05) is 4.47 Å². The molecule has 1 atom stereocenters. The fourth-order valence-electron chi connectivity index (χ4n) is 1.54. The van der Waals surface area contributed by atoms with Crippen LogP contribution in [0.3, 0.4) is 0 Å². The number of hydrogen-bond donors (Lipinski definition) is 1. The number of benzene rings is 1. The summed E-state index contributed by atoms with van der Waals surface area (Å²) in [6, 6.07) is 11.3. The van der Waals surface area contributed by atoms with Gasteiger partial charge in [0.1, 0.15) is 0 Å². The fraction of sp³-hybridized carbons (Fsp3) is 0.154. The van der Waals surface area contributed by atoms with Crippen LogP contribution < -0.4 is 5.32 Å². The van der Waals surface area contributed by atoms with Crippen molar-refractivity contribution in [2.45, 2.75) is 13.0 Å². The normalized spacial score (nSPS) is 12.2. The molecule has 0 aliphatic carbocycles. The highest BCUT2D eigenvalue weighted by molar-refractivity contribution is 9.10. The lowest BCUT2D eigenvalue weighted by molar-refractivity contribution is 0.0944. The lowest BCUT2D eigenvalue weighted by Crippen LogP contribution is -2.25. The third-order valence-corrected chi connectivity index (χ3v) is 4.27. The quantitative estimate of drug-likeness (QED) is 0.862. The highest BCUT2D eigenvalue weighted by Crippen LogP contribution is 2.22. The minimum atomic E-state index is -0.0951. The molecule has 2 rings (SSSR count). The number of carbonyl (C=O) groups is 1. The Bertz CT molecular complexity index is 552. The van der Waals surface area contributed by atoms with Crippen molar-refractivity contribution in [3.63, 3.8) is 0 Å². The van der Waals surface area contributed by atoms with E-state index in [0.717, 1.165) is 10.0 Å². The van der Waals surface area contributed by atoms with Crippen molar-refractivity contribution in [2.24, 2.45) is 0 Å². The molecule has 1 heterocycles. The van der Waals surface area contributed by atoms with Gasteiger partial charge in [-0.2, -0.15) is 0 Å². The Labute approximate surface area is 123 Å². The summed E-state index contributed by atoms with van der Waals surface area (Å²) in [6.07, 6.45) is 0. The van der Waals surface area contributed by atoms with E-state index in [0.29, 0.717) is 9.21 Å². The van der Waals surface area contributed by atoms with Crippen LogP contribution in [-0.2, 0) is 0 Å². The average Bonchev–Trinajstić information content (AvgIpc) is 2.76. The third kappa shape index (κ3) is 3.34. The molecule has 0 spiro atoms. The van der Waals surface area contributed by atoms with E-state index in [1.807, 2.05) is 31.2 Å². The first-order chi connectivity index (χ1) is 8.56. The molecule has 0 bridgehead atoms. The monoisotopic (exact) mass is 343 g/mol. The van der Waals surface area contributed by atoms with E-state index >= 15 is 0 Å². The van der Waals surface area contributed by atoms with Gasteiger partial charge in [0.15, 0.2) is 0 Å². The van der Waals surface area contributed by atoms with Crippen molar-refractivity contribution in [1.29, 1.82) is 0 Å². The smallest absolute Gasteiger partial charge is 0.261 e. The van der Waals surface area contributed by atoms with Crippen molar-refractivity contribution >= 4 is 44.8 Å². The largest absolute Gasteiger partial charge is 0.345 e. The first-order valence-electron chi connectivity index (χ1n) is 5.38. The van der Waals surface area contributed by atoms with E-state index < -0.39 is 0 Å². The molecule has 0 unspecified atom stereocenters. The molecule has 2 nitrogen and oxygen atoms in total. The summed E-state index contributed by atoms with van der Waals surface area (Å²) in [5.41, 5.74) is 1.06. The van der Waals surface area contributed by atoms with Crippen molar-refractivity contribution in [2.75, 3.05) is 0 Å². The second-order valence-corrected chi connectivity index (χ2v) is 6.48. The molecular formula is C13H11BrClNOS. The Hall–Kier alpha value is -0.840. The standard InChI is InChI=1S/C13H11BrClNOS/c1-8(9-2-4-10(14)5-3-9)16-13(17)11-6-7-12(15)18-11/h2-8H,1H3,(H,16,17)/t8-/m1/s1. The zero-order valence-electron chi connectivity index (χ0n) is 9.61. The Morgan fingerprint density at radius 3 is 2.50 bits per heavy atom. The minimum Gasteiger partial charge on any atom is -0.345 e. The summed E-state index contributed by atoms with van der Waals surface area (Å²) < 4.78 is 1.64. The molecule has 0 fully saturated rings. The van der Waals surface area contributed by atoms with Gasteiger partial charge in [0.2, 0.25) is 0 Å². The van der Waals surface area contributed by atoms with Crippen LogP contribution in [0.2, 0.25) is 4.34 Å². The maximum Gasteiger partial charge on any atom is 0.261 e. The molecule has 2 aromatic rings. The number of hydrogen-bond acceptors (Lipinski definition) is 2. The zero-order chi connectivity index (χ0) is 13.1. The summed E-state index contributed by atoms with van der Waals surface area (Å²) in [6.45, 7) is 1.95. The molecule has 0 saturated heterocycles. The second-order valence-electron chi connectivity index (χ2n) is 3.85. The second kappa shape index (κ2) is 5.87. The first kappa shape index (κ1) is 13.6. The number of nitrogens with one attached hydrogen (secondary N) is 1. The lowest BCUT2D eigenvalue weighted by atomic mass is 10.1. The summed E-state index contributed by atoms with van der Waals surface area (Å²) in [5.74, 6) is -0.0951. The van der Waals surface area contributed by atoms with E-state index in [2.05, 4.69) is 21.2 Å². The molecule has 1 aromatic carbocycles. The fourth-order valence-corrected chi connectivity index (χ4v) is 2.75. The molecular weight excluding hydrogens is 334 g/mol. The number of halogens is 2. The van der Waals surface area contributed by atoms with E-state index in [4.69, 9.17) is 11.6 Å². The van der Waals surface area contributed by atoms with Gasteiger partial charge < -0.3 is 5.32 Å². The molecule has 5 heteroatoms. The molecule has 1 amide bonds. The number of thiophene rings is 1. The molecule has 94 valence electrons. The number of carbonyl (C=O) groups excluding carboxylic acids is 1. The van der Waals surface area contributed by atoms with Gasteiger partial charge in [-0.3, -0.25) is 4.79 Å². The molecule has 1 N–H and O–H groups in total. The first-order valence-corrected chi connectivity index (χ1v) is 7.36. The van der Waals surface area contributed by atoms with Gasteiger partial charge in [-0.15, -0.1) is 11.3 Å². The summed E-state index contributed by atoms with van der Waals surface area (Å²) in [7, 11) is 0. The van der Waals surface area contributed by atoms with Crippen LogP contribution in [0.5, 0.6) is 0 Å². The predicted octanol–water partition coefficient (Wildman–Crippen LogP) is 4.66. The molecule has 0 aliphatic heterocycles. The number of amides is 1.